The maximum Gasteiger partial charge on any atom is 0.0713 e. The van der Waals surface area contributed by atoms with Gasteiger partial charge in [-0.25, -0.2) is 4.98 Å². The standard InChI is InChI=1S/C19H15N3/c1-3-7-18-15(5-1)17(13-21-14-9-11-20-12-10-14)16-6-2-4-8-19(16)22-18/h1-12H,13H2,(H,20,21). The van der Waals surface area contributed by atoms with Crippen LogP contribution in [0.25, 0.3) is 21.8 Å². The van der Waals surface area contributed by atoms with Crippen LogP contribution in [0.3, 0.4) is 0 Å². The van der Waals surface area contributed by atoms with E-state index in [2.05, 4.69) is 46.7 Å². The number of rotatable bonds is 3. The fraction of sp³-hybridized carbons (Fsp3) is 0.0526. The molecule has 0 bridgehead atoms. The van der Waals surface area contributed by atoms with E-state index in [0.29, 0.717) is 0 Å². The molecule has 0 atom stereocenters. The summed E-state index contributed by atoms with van der Waals surface area (Å²) in [4.78, 5) is 8.81. The van der Waals surface area contributed by atoms with E-state index in [9.17, 15) is 0 Å². The van der Waals surface area contributed by atoms with Crippen molar-refractivity contribution in [3.63, 3.8) is 0 Å². The molecule has 0 aliphatic rings. The fourth-order valence-corrected chi connectivity index (χ4v) is 2.78. The van der Waals surface area contributed by atoms with E-state index in [0.717, 1.165) is 23.3 Å². The third kappa shape index (κ3) is 2.27. The van der Waals surface area contributed by atoms with Crippen molar-refractivity contribution in [1.29, 1.82) is 0 Å². The van der Waals surface area contributed by atoms with E-state index in [1.165, 1.54) is 16.3 Å². The van der Waals surface area contributed by atoms with Crippen molar-refractivity contribution in [1.82, 2.24) is 9.97 Å². The monoisotopic (exact) mass is 285 g/mol. The van der Waals surface area contributed by atoms with Crippen LogP contribution in [0, 0.1) is 0 Å². The number of anilines is 1. The summed E-state index contributed by atoms with van der Waals surface area (Å²) in [5.74, 6) is 0. The van der Waals surface area contributed by atoms with Gasteiger partial charge in [-0.3, -0.25) is 4.98 Å². The van der Waals surface area contributed by atoms with Gasteiger partial charge in [-0.05, 0) is 29.8 Å². The van der Waals surface area contributed by atoms with E-state index in [1.807, 2.05) is 24.3 Å². The Kier molecular flexibility index (Phi) is 3.16. The molecular weight excluding hydrogens is 270 g/mol. The molecule has 0 spiro atoms. The maximum absolute atomic E-state index is 4.76. The summed E-state index contributed by atoms with van der Waals surface area (Å²) >= 11 is 0. The van der Waals surface area contributed by atoms with E-state index in [4.69, 9.17) is 4.98 Å². The van der Waals surface area contributed by atoms with Gasteiger partial charge in [0.25, 0.3) is 0 Å². The lowest BCUT2D eigenvalue weighted by Gasteiger charge is -2.12. The number of nitrogens with one attached hydrogen (secondary N) is 1. The van der Waals surface area contributed by atoms with E-state index < -0.39 is 0 Å². The zero-order chi connectivity index (χ0) is 14.8. The smallest absolute Gasteiger partial charge is 0.0713 e. The van der Waals surface area contributed by atoms with Gasteiger partial charge >= 0.3 is 0 Å². The Morgan fingerprint density at radius 1 is 0.727 bits per heavy atom. The molecular formula is C19H15N3. The summed E-state index contributed by atoms with van der Waals surface area (Å²) in [7, 11) is 0. The van der Waals surface area contributed by atoms with Crippen molar-refractivity contribution >= 4 is 27.5 Å². The van der Waals surface area contributed by atoms with Crippen LogP contribution in [-0.4, -0.2) is 9.97 Å². The molecule has 3 heteroatoms. The number of fused-ring (bicyclic) bond motifs is 2. The van der Waals surface area contributed by atoms with Gasteiger partial charge in [0.1, 0.15) is 0 Å². The molecule has 2 heterocycles. The topological polar surface area (TPSA) is 37.8 Å². The molecule has 0 unspecified atom stereocenters. The first-order valence-electron chi connectivity index (χ1n) is 7.32. The van der Waals surface area contributed by atoms with Gasteiger partial charge in [0.05, 0.1) is 11.0 Å². The molecule has 0 aliphatic carbocycles. The van der Waals surface area contributed by atoms with Gasteiger partial charge in [-0.15, -0.1) is 0 Å². The SMILES string of the molecule is c1ccc2c(CNc3ccncc3)c3ccccc3nc2c1. The maximum atomic E-state index is 4.76. The summed E-state index contributed by atoms with van der Waals surface area (Å²) in [6.07, 6.45) is 3.59. The molecule has 2 aromatic heterocycles. The minimum absolute atomic E-state index is 0.758. The van der Waals surface area contributed by atoms with Crippen LogP contribution in [-0.2, 0) is 6.54 Å². The molecule has 0 fully saturated rings. The molecule has 106 valence electrons. The van der Waals surface area contributed by atoms with Crippen molar-refractivity contribution in [2.24, 2.45) is 0 Å². The minimum atomic E-state index is 0.758. The Morgan fingerprint density at radius 3 is 1.95 bits per heavy atom. The van der Waals surface area contributed by atoms with Crippen molar-refractivity contribution in [3.05, 3.63) is 78.6 Å². The summed E-state index contributed by atoms with van der Waals surface area (Å²) in [6.45, 7) is 0.758. The lowest BCUT2D eigenvalue weighted by molar-refractivity contribution is 1.17. The molecule has 1 N–H and O–H groups in total. The molecule has 0 saturated carbocycles. The Hall–Kier alpha value is -2.94. The zero-order valence-electron chi connectivity index (χ0n) is 12.0. The average Bonchev–Trinajstić information content (AvgIpc) is 2.59. The first-order valence-corrected chi connectivity index (χ1v) is 7.32. The van der Waals surface area contributed by atoms with Crippen LogP contribution in [0.2, 0.25) is 0 Å². The van der Waals surface area contributed by atoms with E-state index in [1.54, 1.807) is 12.4 Å². The lowest BCUT2D eigenvalue weighted by atomic mass is 10.0. The second-order valence-corrected chi connectivity index (χ2v) is 5.21. The number of aromatic nitrogens is 2. The van der Waals surface area contributed by atoms with Crippen LogP contribution in [0.5, 0.6) is 0 Å². The summed E-state index contributed by atoms with van der Waals surface area (Å²) in [5, 5.41) is 5.87. The van der Waals surface area contributed by atoms with Crippen LogP contribution in [0.15, 0.2) is 73.1 Å². The number of hydrogen-bond acceptors (Lipinski definition) is 3. The molecule has 0 radical (unpaired) electrons. The van der Waals surface area contributed by atoms with Crippen molar-refractivity contribution < 1.29 is 0 Å². The van der Waals surface area contributed by atoms with Gasteiger partial charge in [0, 0.05) is 35.4 Å². The predicted molar refractivity (Wildman–Crippen MR) is 90.8 cm³/mol. The number of pyridine rings is 2. The first-order chi connectivity index (χ1) is 10.9. The summed E-state index contributed by atoms with van der Waals surface area (Å²) < 4.78 is 0. The average molecular weight is 285 g/mol. The second kappa shape index (κ2) is 5.45. The lowest BCUT2D eigenvalue weighted by Crippen LogP contribution is -2.02. The first kappa shape index (κ1) is 12.8. The summed E-state index contributed by atoms with van der Waals surface area (Å²) in [6, 6.07) is 20.6. The van der Waals surface area contributed by atoms with Crippen LogP contribution >= 0.6 is 0 Å². The third-order valence-corrected chi connectivity index (χ3v) is 3.85. The highest BCUT2D eigenvalue weighted by molar-refractivity contribution is 5.97. The number of nitrogens with zero attached hydrogens (tertiary/aromatic N) is 2. The third-order valence-electron chi connectivity index (χ3n) is 3.85. The van der Waals surface area contributed by atoms with Gasteiger partial charge in [0.2, 0.25) is 0 Å². The van der Waals surface area contributed by atoms with Crippen molar-refractivity contribution in [2.45, 2.75) is 6.54 Å². The van der Waals surface area contributed by atoms with Gasteiger partial charge < -0.3 is 5.32 Å². The predicted octanol–water partition coefficient (Wildman–Crippen LogP) is 4.40. The number of hydrogen-bond donors (Lipinski definition) is 1. The Morgan fingerprint density at radius 2 is 1.32 bits per heavy atom. The zero-order valence-corrected chi connectivity index (χ0v) is 12.0. The van der Waals surface area contributed by atoms with Gasteiger partial charge in [0.15, 0.2) is 0 Å². The molecule has 4 rings (SSSR count). The molecule has 0 saturated heterocycles. The highest BCUT2D eigenvalue weighted by atomic mass is 14.9. The number of benzene rings is 2. The summed E-state index contributed by atoms with van der Waals surface area (Å²) in [5.41, 5.74) is 4.42. The van der Waals surface area contributed by atoms with Crippen LogP contribution in [0.4, 0.5) is 5.69 Å². The van der Waals surface area contributed by atoms with E-state index >= 15 is 0 Å². The fourth-order valence-electron chi connectivity index (χ4n) is 2.78. The van der Waals surface area contributed by atoms with Gasteiger partial charge in [-0.1, -0.05) is 36.4 Å². The largest absolute Gasteiger partial charge is 0.381 e. The second-order valence-electron chi connectivity index (χ2n) is 5.21. The van der Waals surface area contributed by atoms with Gasteiger partial charge in [-0.2, -0.15) is 0 Å². The molecule has 22 heavy (non-hydrogen) atoms. The highest BCUT2D eigenvalue weighted by Gasteiger charge is 2.08. The molecule has 0 aliphatic heterocycles. The normalized spacial score (nSPS) is 10.9. The molecule has 4 aromatic rings. The Balaban J connectivity index is 1.85. The highest BCUT2D eigenvalue weighted by Crippen LogP contribution is 2.26. The van der Waals surface area contributed by atoms with E-state index in [-0.39, 0.29) is 0 Å². The molecule has 3 nitrogen and oxygen atoms in total. The number of para-hydroxylation sites is 2. The Bertz CT molecular complexity index is 879. The van der Waals surface area contributed by atoms with Crippen LogP contribution < -0.4 is 5.32 Å². The van der Waals surface area contributed by atoms with Crippen molar-refractivity contribution in [3.8, 4) is 0 Å². The van der Waals surface area contributed by atoms with Crippen LogP contribution in [0.1, 0.15) is 5.56 Å². The molecule has 0 amide bonds. The minimum Gasteiger partial charge on any atom is -0.381 e. The quantitative estimate of drug-likeness (QED) is 0.567. The van der Waals surface area contributed by atoms with Crippen molar-refractivity contribution in [2.75, 3.05) is 5.32 Å². The Labute approximate surface area is 128 Å². The molecule has 2 aromatic carbocycles.